The monoisotopic (exact) mass is 352 g/mol. The van der Waals surface area contributed by atoms with E-state index in [4.69, 9.17) is 4.43 Å². The molecule has 4 heteroatoms. The van der Waals surface area contributed by atoms with E-state index in [1.54, 1.807) is 0 Å². The highest BCUT2D eigenvalue weighted by Crippen LogP contribution is 2.44. The van der Waals surface area contributed by atoms with Gasteiger partial charge in [-0.25, -0.2) is 0 Å². The van der Waals surface area contributed by atoms with E-state index in [0.717, 1.165) is 31.4 Å². The quantitative estimate of drug-likeness (QED) is 0.734. The molecule has 2 bridgehead atoms. The molecule has 2 aliphatic rings. The number of hydrogen-bond donors (Lipinski definition) is 1. The molecular formula is C20H36O3Si. The molecule has 0 radical (unpaired) electrons. The fraction of sp³-hybridized carbons (Fsp3) is 0.850. The Kier molecular flexibility index (Phi) is 5.71. The maximum atomic E-state index is 12.9. The summed E-state index contributed by atoms with van der Waals surface area (Å²) in [5.41, 5.74) is 0. The average molecular weight is 353 g/mol. The van der Waals surface area contributed by atoms with E-state index in [2.05, 4.69) is 53.8 Å². The zero-order chi connectivity index (χ0) is 18.3. The van der Waals surface area contributed by atoms with Crippen molar-refractivity contribution in [2.24, 2.45) is 23.7 Å². The molecule has 0 aromatic heterocycles. The van der Waals surface area contributed by atoms with Crippen molar-refractivity contribution in [1.29, 1.82) is 0 Å². The van der Waals surface area contributed by atoms with E-state index in [1.165, 1.54) is 0 Å². The third-order valence-electron chi connectivity index (χ3n) is 6.46. The summed E-state index contributed by atoms with van der Waals surface area (Å²) in [6.07, 6.45) is 5.28. The molecule has 1 unspecified atom stereocenters. The minimum Gasteiger partial charge on any atom is -0.546 e. The van der Waals surface area contributed by atoms with Crippen LogP contribution in [0.4, 0.5) is 0 Å². The summed E-state index contributed by atoms with van der Waals surface area (Å²) in [6, 6.07) is 0. The molecule has 0 amide bonds. The molecule has 0 spiro atoms. The second-order valence-corrected chi connectivity index (χ2v) is 14.3. The normalized spacial score (nSPS) is 32.2. The van der Waals surface area contributed by atoms with E-state index in [0.29, 0.717) is 5.92 Å². The Morgan fingerprint density at radius 3 is 2.33 bits per heavy atom. The maximum absolute atomic E-state index is 12.9. The molecule has 1 saturated carbocycles. The summed E-state index contributed by atoms with van der Waals surface area (Å²) < 4.78 is 6.63. The molecule has 3 nitrogen and oxygen atoms in total. The van der Waals surface area contributed by atoms with Gasteiger partial charge in [-0.2, -0.15) is 0 Å². The average Bonchev–Trinajstić information content (AvgIpc) is 2.50. The van der Waals surface area contributed by atoms with Crippen LogP contribution in [-0.2, 0) is 9.22 Å². The van der Waals surface area contributed by atoms with Crippen molar-refractivity contribution < 1.29 is 14.3 Å². The number of aliphatic hydroxyl groups is 1. The largest absolute Gasteiger partial charge is 0.546 e. The van der Waals surface area contributed by atoms with Crippen molar-refractivity contribution in [1.82, 2.24) is 0 Å². The van der Waals surface area contributed by atoms with Crippen LogP contribution in [0.1, 0.15) is 60.3 Å². The molecule has 2 aliphatic carbocycles. The smallest absolute Gasteiger partial charge is 0.250 e. The Labute approximate surface area is 149 Å². The van der Waals surface area contributed by atoms with Crippen LogP contribution in [0, 0.1) is 23.7 Å². The second kappa shape index (κ2) is 6.95. The molecule has 1 fully saturated rings. The van der Waals surface area contributed by atoms with Gasteiger partial charge in [-0.15, -0.1) is 0 Å². The number of aliphatic hydroxyl groups excluding tert-OH is 1. The number of carbonyl (C=O) groups is 1. The second-order valence-electron chi connectivity index (χ2n) is 9.60. The van der Waals surface area contributed by atoms with Gasteiger partial charge in [0.25, 0.3) is 0 Å². The molecule has 24 heavy (non-hydrogen) atoms. The van der Waals surface area contributed by atoms with Crippen molar-refractivity contribution in [3.63, 3.8) is 0 Å². The molecule has 4 atom stereocenters. The SMILES string of the molecule is CC(C)[C@H]1C=C(O[Si](C)(C)C(C)(C)C)[C@@H]2CCCC[C@H]1C(O)C2=O. The standard InChI is InChI=1S/C20H36O3Si/c1-13(2)16-12-17(23-24(6,7)20(3,4)5)15-11-9-8-10-14(16)18(21)19(15)22/h12-16,18,21H,8-11H2,1-7H3/t14-,15+,16-,18?/m1/s1. The highest BCUT2D eigenvalue weighted by molar-refractivity contribution is 6.74. The number of rotatable bonds is 3. The first-order chi connectivity index (χ1) is 11.0. The Bertz CT molecular complexity index is 502. The van der Waals surface area contributed by atoms with E-state index >= 15 is 0 Å². The van der Waals surface area contributed by atoms with E-state index < -0.39 is 14.4 Å². The van der Waals surface area contributed by atoms with Gasteiger partial charge in [-0.05, 0) is 54.8 Å². The first kappa shape index (κ1) is 19.7. The number of hydrogen-bond acceptors (Lipinski definition) is 3. The molecular weight excluding hydrogens is 316 g/mol. The van der Waals surface area contributed by atoms with Crippen molar-refractivity contribution in [3.8, 4) is 0 Å². The van der Waals surface area contributed by atoms with Crippen LogP contribution in [0.5, 0.6) is 0 Å². The van der Waals surface area contributed by atoms with Crippen LogP contribution >= 0.6 is 0 Å². The minimum atomic E-state index is -2.01. The highest BCUT2D eigenvalue weighted by atomic mass is 28.4. The van der Waals surface area contributed by atoms with Gasteiger partial charge in [-0.1, -0.05) is 47.5 Å². The van der Waals surface area contributed by atoms with E-state index in [9.17, 15) is 9.90 Å². The summed E-state index contributed by atoms with van der Waals surface area (Å²) in [5, 5.41) is 10.8. The molecule has 0 aliphatic heterocycles. The van der Waals surface area contributed by atoms with Gasteiger partial charge in [0.05, 0.1) is 11.7 Å². The fourth-order valence-electron chi connectivity index (χ4n) is 3.80. The van der Waals surface area contributed by atoms with Gasteiger partial charge in [0.15, 0.2) is 5.78 Å². The Morgan fingerprint density at radius 1 is 1.21 bits per heavy atom. The topological polar surface area (TPSA) is 46.5 Å². The summed E-state index contributed by atoms with van der Waals surface area (Å²) in [6.45, 7) is 15.5. The summed E-state index contributed by atoms with van der Waals surface area (Å²) in [4.78, 5) is 12.9. The number of allylic oxidation sites excluding steroid dienone is 2. The van der Waals surface area contributed by atoms with Gasteiger partial charge in [-0.3, -0.25) is 4.79 Å². The first-order valence-electron chi connectivity index (χ1n) is 9.58. The first-order valence-corrected chi connectivity index (χ1v) is 12.5. The van der Waals surface area contributed by atoms with Crippen LogP contribution in [0.15, 0.2) is 11.8 Å². The van der Waals surface area contributed by atoms with Gasteiger partial charge in [0, 0.05) is 0 Å². The Hall–Kier alpha value is -0.613. The Morgan fingerprint density at radius 2 is 1.79 bits per heavy atom. The third-order valence-corrected chi connectivity index (χ3v) is 10.8. The zero-order valence-corrected chi connectivity index (χ0v) is 17.6. The lowest BCUT2D eigenvalue weighted by molar-refractivity contribution is -0.135. The zero-order valence-electron chi connectivity index (χ0n) is 16.6. The molecule has 138 valence electrons. The van der Waals surface area contributed by atoms with Crippen molar-refractivity contribution >= 4 is 14.1 Å². The molecule has 0 aromatic carbocycles. The molecule has 0 aromatic rings. The van der Waals surface area contributed by atoms with E-state index in [1.807, 2.05) is 0 Å². The van der Waals surface area contributed by atoms with Crippen LogP contribution in [0.2, 0.25) is 18.1 Å². The lowest BCUT2D eigenvalue weighted by Crippen LogP contribution is -2.43. The number of ketones is 1. The predicted octanol–water partition coefficient (Wildman–Crippen LogP) is 4.91. The van der Waals surface area contributed by atoms with Gasteiger partial charge < -0.3 is 9.53 Å². The van der Waals surface area contributed by atoms with Crippen LogP contribution in [0.25, 0.3) is 0 Å². The summed E-state index contributed by atoms with van der Waals surface area (Å²) >= 11 is 0. The summed E-state index contributed by atoms with van der Waals surface area (Å²) in [7, 11) is -2.01. The van der Waals surface area contributed by atoms with Gasteiger partial charge >= 0.3 is 0 Å². The number of fused-ring (bicyclic) bond motifs is 3. The minimum absolute atomic E-state index is 0.00666. The van der Waals surface area contributed by atoms with Crippen LogP contribution in [-0.4, -0.2) is 25.3 Å². The van der Waals surface area contributed by atoms with Crippen LogP contribution in [0.3, 0.4) is 0 Å². The van der Waals surface area contributed by atoms with Crippen molar-refractivity contribution in [3.05, 3.63) is 11.8 Å². The van der Waals surface area contributed by atoms with Gasteiger partial charge in [0.2, 0.25) is 8.32 Å². The van der Waals surface area contributed by atoms with Gasteiger partial charge in [0.1, 0.15) is 6.10 Å². The molecule has 1 N–H and O–H groups in total. The van der Waals surface area contributed by atoms with Crippen LogP contribution < -0.4 is 0 Å². The molecule has 2 rings (SSSR count). The fourth-order valence-corrected chi connectivity index (χ4v) is 4.91. The van der Waals surface area contributed by atoms with Crippen molar-refractivity contribution in [2.45, 2.75) is 84.5 Å². The predicted molar refractivity (Wildman–Crippen MR) is 101 cm³/mol. The highest BCUT2D eigenvalue weighted by Gasteiger charge is 2.46. The van der Waals surface area contributed by atoms with Crippen molar-refractivity contribution in [2.75, 3.05) is 0 Å². The Balaban J connectivity index is 2.46. The lowest BCUT2D eigenvalue weighted by Gasteiger charge is -2.39. The molecule has 0 heterocycles. The maximum Gasteiger partial charge on any atom is 0.250 e. The van der Waals surface area contributed by atoms with E-state index in [-0.39, 0.29) is 28.6 Å². The molecule has 0 saturated heterocycles. The third kappa shape index (κ3) is 3.80. The lowest BCUT2D eigenvalue weighted by atomic mass is 9.75. The number of carbonyl (C=O) groups excluding carboxylic acids is 1. The number of Topliss-reactive ketones (excluding diaryl/α,β-unsaturated/α-hetero) is 1. The summed E-state index contributed by atoms with van der Waals surface area (Å²) in [5.74, 6) is 1.27.